The van der Waals surface area contributed by atoms with Crippen molar-refractivity contribution in [1.29, 1.82) is 0 Å². The van der Waals surface area contributed by atoms with Crippen LogP contribution in [0.4, 0.5) is 10.5 Å². The first-order chi connectivity index (χ1) is 24.7. The maximum Gasteiger partial charge on any atom is 0.312 e. The summed E-state index contributed by atoms with van der Waals surface area (Å²) in [5.74, 6) is -3.70. The molecule has 300 valence electrons. The molecule has 0 bridgehead atoms. The Bertz CT molecular complexity index is 1320. The van der Waals surface area contributed by atoms with Crippen molar-refractivity contribution < 1.29 is 43.1 Å². The average molecular weight is 752 g/mol. The quantitative estimate of drug-likeness (QED) is 0.0820. The predicted octanol–water partition coefficient (Wildman–Crippen LogP) is 0.276. The number of carbonyl (C=O) groups is 8. The fraction of sp³-hybridized carbons (Fsp3) is 0.600. The third-order valence-corrected chi connectivity index (χ3v) is 6.63. The zero-order chi connectivity index (χ0) is 41.1. The van der Waals surface area contributed by atoms with E-state index in [1.807, 2.05) is 20.8 Å². The molecular weight excluding hydrogens is 690 g/mol. The summed E-state index contributed by atoms with van der Waals surface area (Å²) in [6.07, 6.45) is 1.56. The van der Waals surface area contributed by atoms with E-state index in [1.54, 1.807) is 58.9 Å². The fourth-order valence-electron chi connectivity index (χ4n) is 3.77. The van der Waals surface area contributed by atoms with E-state index in [4.69, 9.17) is 16.2 Å². The van der Waals surface area contributed by atoms with Gasteiger partial charge in [0.05, 0.1) is 25.0 Å². The molecule has 1 rings (SSSR count). The zero-order valence-electron chi connectivity index (χ0n) is 32.3. The molecule has 0 aliphatic rings. The Morgan fingerprint density at radius 2 is 1.28 bits per heavy atom. The molecule has 0 aliphatic heterocycles. The first-order valence-electron chi connectivity index (χ1n) is 17.5. The van der Waals surface area contributed by atoms with Crippen LogP contribution >= 0.6 is 0 Å². The number of rotatable bonds is 20. The minimum Gasteiger partial charge on any atom is -0.461 e. The van der Waals surface area contributed by atoms with Gasteiger partial charge >= 0.3 is 12.0 Å². The van der Waals surface area contributed by atoms with Crippen molar-refractivity contribution in [2.45, 2.75) is 106 Å². The van der Waals surface area contributed by atoms with Crippen molar-refractivity contribution in [3.05, 3.63) is 29.8 Å². The van der Waals surface area contributed by atoms with Crippen molar-refractivity contribution in [3.63, 3.8) is 0 Å². The van der Waals surface area contributed by atoms with Gasteiger partial charge in [-0.15, -0.1) is 0 Å². The maximum atomic E-state index is 12.7. The molecule has 1 aromatic carbocycles. The molecule has 18 nitrogen and oxygen atoms in total. The zero-order valence-corrected chi connectivity index (χ0v) is 32.3. The molecule has 0 heterocycles. The van der Waals surface area contributed by atoms with E-state index in [-0.39, 0.29) is 62.3 Å². The third-order valence-electron chi connectivity index (χ3n) is 6.63. The Morgan fingerprint density at radius 1 is 0.736 bits per heavy atom. The minimum atomic E-state index is -0.945. The number of esters is 1. The summed E-state index contributed by atoms with van der Waals surface area (Å²) in [6.45, 7) is 14.4. The van der Waals surface area contributed by atoms with Crippen molar-refractivity contribution in [2.24, 2.45) is 29.0 Å². The number of nitrogens with one attached hydrogen (secondary N) is 6. The van der Waals surface area contributed by atoms with Gasteiger partial charge in [0, 0.05) is 31.1 Å². The number of amides is 8. The van der Waals surface area contributed by atoms with Crippen LogP contribution in [0, 0.1) is 11.8 Å². The van der Waals surface area contributed by atoms with E-state index in [0.29, 0.717) is 18.7 Å². The molecule has 8 amide bonds. The van der Waals surface area contributed by atoms with E-state index in [9.17, 15) is 38.4 Å². The number of nitrogens with two attached hydrogens (primary N) is 3. The number of ether oxygens (including phenoxy) is 1. The summed E-state index contributed by atoms with van der Waals surface area (Å²) in [5, 5.41) is 15.7. The van der Waals surface area contributed by atoms with Crippen molar-refractivity contribution >= 4 is 53.1 Å². The molecule has 2 unspecified atom stereocenters. The van der Waals surface area contributed by atoms with Crippen LogP contribution in [0.2, 0.25) is 0 Å². The van der Waals surface area contributed by atoms with Crippen LogP contribution in [-0.4, -0.2) is 85.2 Å². The lowest BCUT2D eigenvalue weighted by molar-refractivity contribution is -0.148. The van der Waals surface area contributed by atoms with Gasteiger partial charge in [0.1, 0.15) is 12.6 Å². The molecule has 1 aromatic rings. The molecule has 0 radical (unpaired) electrons. The number of urea groups is 1. The Balaban J connectivity index is 0. The average Bonchev–Trinajstić information content (AvgIpc) is 3.08. The topological polar surface area (TPSA) is 296 Å². The standard InChI is InChI=1S/C28H44N6O7.C4H10N2O.C3H7NO/c1-16(2)25(34-24(37)14-30-26(38)21(32-18(5)6)11-12-22(29)35)27(39)31-13-23(36)33-20-9-7-19(8-10-20)15-41-28(40)17(3)4;1-2-3-6-4(5)7;1-2-3(4)5/h7-10,16-18,21,25,32H,11-15H2,1-6H3,(H2,29,35)(H,30,38)(H,31,39)(H,33,36)(H,34,37);2-3H2,1H3,(H3,5,6,7);2H2,1H3,(H2,4,5). The van der Waals surface area contributed by atoms with Gasteiger partial charge < -0.3 is 53.8 Å². The summed E-state index contributed by atoms with van der Waals surface area (Å²) in [4.78, 5) is 92.3. The molecule has 2 atom stereocenters. The summed E-state index contributed by atoms with van der Waals surface area (Å²) >= 11 is 0. The first-order valence-corrected chi connectivity index (χ1v) is 17.5. The molecule has 0 spiro atoms. The summed E-state index contributed by atoms with van der Waals surface area (Å²) < 4.78 is 5.17. The van der Waals surface area contributed by atoms with E-state index in [2.05, 4.69) is 37.6 Å². The van der Waals surface area contributed by atoms with Crippen LogP contribution in [-0.2, 0) is 44.9 Å². The summed E-state index contributed by atoms with van der Waals surface area (Å²) in [5.41, 5.74) is 15.8. The molecule has 0 fully saturated rings. The number of primary amides is 3. The number of hydrogen-bond donors (Lipinski definition) is 9. The summed E-state index contributed by atoms with van der Waals surface area (Å²) in [6, 6.07) is 4.59. The Kier molecular flexibility index (Phi) is 26.7. The second-order valence-corrected chi connectivity index (χ2v) is 12.7. The van der Waals surface area contributed by atoms with Gasteiger partial charge in [-0.3, -0.25) is 33.6 Å². The molecule has 0 aliphatic carbocycles. The highest BCUT2D eigenvalue weighted by Gasteiger charge is 2.26. The predicted molar refractivity (Wildman–Crippen MR) is 200 cm³/mol. The Hall–Kier alpha value is -5.26. The van der Waals surface area contributed by atoms with Crippen LogP contribution in [0.3, 0.4) is 0 Å². The normalized spacial score (nSPS) is 11.4. The van der Waals surface area contributed by atoms with Gasteiger partial charge in [0.2, 0.25) is 35.4 Å². The molecule has 18 heteroatoms. The van der Waals surface area contributed by atoms with Crippen molar-refractivity contribution in [1.82, 2.24) is 26.6 Å². The summed E-state index contributed by atoms with van der Waals surface area (Å²) in [7, 11) is 0. The van der Waals surface area contributed by atoms with Gasteiger partial charge in [0.25, 0.3) is 0 Å². The fourth-order valence-corrected chi connectivity index (χ4v) is 3.77. The molecule has 12 N–H and O–H groups in total. The van der Waals surface area contributed by atoms with Gasteiger partial charge in [-0.25, -0.2) is 4.79 Å². The lowest BCUT2D eigenvalue weighted by Crippen LogP contribution is -2.54. The van der Waals surface area contributed by atoms with Crippen molar-refractivity contribution in [2.75, 3.05) is 25.0 Å². The number of carbonyl (C=O) groups excluding carboxylic acids is 8. The Morgan fingerprint density at radius 3 is 1.72 bits per heavy atom. The highest BCUT2D eigenvalue weighted by molar-refractivity contribution is 5.96. The van der Waals surface area contributed by atoms with E-state index in [1.165, 1.54) is 0 Å². The van der Waals surface area contributed by atoms with Gasteiger partial charge in [-0.05, 0) is 36.5 Å². The highest BCUT2D eigenvalue weighted by Crippen LogP contribution is 2.11. The highest BCUT2D eigenvalue weighted by atomic mass is 16.5. The van der Waals surface area contributed by atoms with E-state index in [0.717, 1.165) is 12.0 Å². The van der Waals surface area contributed by atoms with E-state index < -0.39 is 47.7 Å². The van der Waals surface area contributed by atoms with Crippen LogP contribution in [0.15, 0.2) is 24.3 Å². The van der Waals surface area contributed by atoms with Gasteiger partial charge in [0.15, 0.2) is 0 Å². The monoisotopic (exact) mass is 751 g/mol. The molecule has 53 heavy (non-hydrogen) atoms. The molecule has 0 aromatic heterocycles. The Labute approximate surface area is 312 Å². The molecular formula is C35H61N9O9. The smallest absolute Gasteiger partial charge is 0.312 e. The number of anilines is 1. The van der Waals surface area contributed by atoms with Gasteiger partial charge in [-0.2, -0.15) is 0 Å². The second kappa shape index (κ2) is 28.3. The van der Waals surface area contributed by atoms with Crippen molar-refractivity contribution in [3.8, 4) is 0 Å². The second-order valence-electron chi connectivity index (χ2n) is 12.7. The van der Waals surface area contributed by atoms with Crippen LogP contribution < -0.4 is 49.1 Å². The lowest BCUT2D eigenvalue weighted by Gasteiger charge is -2.23. The van der Waals surface area contributed by atoms with Crippen LogP contribution in [0.5, 0.6) is 0 Å². The number of hydrogen-bond acceptors (Lipinski definition) is 10. The van der Waals surface area contributed by atoms with Crippen LogP contribution in [0.1, 0.15) is 86.6 Å². The first kappa shape index (κ1) is 49.9. The lowest BCUT2D eigenvalue weighted by atomic mass is 10.0. The molecule has 0 saturated heterocycles. The largest absolute Gasteiger partial charge is 0.461 e. The van der Waals surface area contributed by atoms with Crippen LogP contribution in [0.25, 0.3) is 0 Å². The SMILES string of the molecule is CC(C)NC(CCC(N)=O)C(=O)NCC(=O)NC(C(=O)NCC(=O)Nc1ccc(COC(=O)C(C)C)cc1)C(C)C.CCC(N)=O.CCCNC(N)=O. The minimum absolute atomic E-state index is 0.00799. The van der Waals surface area contributed by atoms with E-state index >= 15 is 0 Å². The van der Waals surface area contributed by atoms with Gasteiger partial charge in [-0.1, -0.05) is 67.5 Å². The number of benzene rings is 1. The third kappa shape index (κ3) is 27.1. The maximum absolute atomic E-state index is 12.7. The molecule has 0 saturated carbocycles.